The summed E-state index contributed by atoms with van der Waals surface area (Å²) in [6, 6.07) is 10.7. The molecule has 1 atom stereocenters. The predicted octanol–water partition coefficient (Wildman–Crippen LogP) is 4.71. The van der Waals surface area contributed by atoms with E-state index in [1.165, 1.54) is 12.0 Å². The number of aromatic nitrogens is 2. The molecule has 9 heteroatoms. The molecule has 1 aromatic heterocycles. The number of likely N-dealkylation sites (tertiary alicyclic amines) is 1. The van der Waals surface area contributed by atoms with Crippen molar-refractivity contribution in [1.82, 2.24) is 14.5 Å². The highest BCUT2D eigenvalue weighted by molar-refractivity contribution is 6.46. The summed E-state index contributed by atoms with van der Waals surface area (Å²) in [4.78, 5) is 31.6. The Morgan fingerprint density at radius 2 is 1.85 bits per heavy atom. The molecule has 2 heterocycles. The topological polar surface area (TPSA) is 84.7 Å². The van der Waals surface area contributed by atoms with Gasteiger partial charge in [-0.3, -0.25) is 9.59 Å². The van der Waals surface area contributed by atoms with Crippen LogP contribution in [0.1, 0.15) is 23.6 Å². The van der Waals surface area contributed by atoms with Gasteiger partial charge < -0.3 is 19.3 Å². The van der Waals surface area contributed by atoms with E-state index in [1.54, 1.807) is 55.0 Å². The number of halogens is 2. The molecule has 1 amide bonds. The van der Waals surface area contributed by atoms with Crippen LogP contribution in [0.4, 0.5) is 0 Å². The van der Waals surface area contributed by atoms with Gasteiger partial charge in [-0.1, -0.05) is 29.3 Å². The molecule has 1 aliphatic heterocycles. The van der Waals surface area contributed by atoms with Gasteiger partial charge >= 0.3 is 0 Å². The SMILES string of the molecule is COc1ccc(/C(O)=C2\C(=O)C(=O)N(CCCn3ccnc3)C2c2ccc(Cl)c(Cl)c2)cc1. The van der Waals surface area contributed by atoms with E-state index in [2.05, 4.69) is 4.98 Å². The van der Waals surface area contributed by atoms with Gasteiger partial charge in [0, 0.05) is 31.0 Å². The number of rotatable bonds is 7. The quantitative estimate of drug-likeness (QED) is 0.297. The Balaban J connectivity index is 1.74. The molecular formula is C24H21Cl2N3O4. The van der Waals surface area contributed by atoms with Gasteiger partial charge in [-0.05, 0) is 48.4 Å². The number of aryl methyl sites for hydroxylation is 1. The molecule has 0 spiro atoms. The van der Waals surface area contributed by atoms with Gasteiger partial charge in [0.05, 0.1) is 35.1 Å². The summed E-state index contributed by atoms with van der Waals surface area (Å²) in [6.45, 7) is 0.919. The number of amides is 1. The predicted molar refractivity (Wildman–Crippen MR) is 125 cm³/mol. The van der Waals surface area contributed by atoms with Crippen molar-refractivity contribution in [2.24, 2.45) is 0 Å². The van der Waals surface area contributed by atoms with Gasteiger partial charge in [0.15, 0.2) is 0 Å². The minimum atomic E-state index is -0.801. The Kier molecular flexibility index (Phi) is 6.72. The molecule has 7 nitrogen and oxygen atoms in total. The van der Waals surface area contributed by atoms with Crippen molar-refractivity contribution >= 4 is 40.7 Å². The fourth-order valence-corrected chi connectivity index (χ4v) is 4.19. The normalized spacial score (nSPS) is 17.5. The average Bonchev–Trinajstić information content (AvgIpc) is 3.43. The maximum absolute atomic E-state index is 13.1. The number of aliphatic hydroxyl groups is 1. The van der Waals surface area contributed by atoms with Crippen molar-refractivity contribution in [1.29, 1.82) is 0 Å². The number of carbonyl (C=O) groups excluding carboxylic acids is 2. The highest BCUT2D eigenvalue weighted by Crippen LogP contribution is 2.41. The zero-order chi connectivity index (χ0) is 23.5. The lowest BCUT2D eigenvalue weighted by Gasteiger charge is -2.25. The van der Waals surface area contributed by atoms with Gasteiger partial charge in [0.25, 0.3) is 11.7 Å². The van der Waals surface area contributed by atoms with Crippen LogP contribution in [0.15, 0.2) is 66.8 Å². The van der Waals surface area contributed by atoms with Crippen molar-refractivity contribution in [3.8, 4) is 5.75 Å². The summed E-state index contributed by atoms with van der Waals surface area (Å²) in [5.41, 5.74) is 0.991. The third kappa shape index (κ3) is 4.60. The van der Waals surface area contributed by atoms with E-state index in [0.29, 0.717) is 46.4 Å². The minimum absolute atomic E-state index is 0.00573. The summed E-state index contributed by atoms with van der Waals surface area (Å²) < 4.78 is 7.05. The maximum atomic E-state index is 13.1. The van der Waals surface area contributed by atoms with E-state index in [-0.39, 0.29) is 11.3 Å². The molecule has 170 valence electrons. The second kappa shape index (κ2) is 9.68. The number of ketones is 1. The van der Waals surface area contributed by atoms with E-state index >= 15 is 0 Å². The van der Waals surface area contributed by atoms with Crippen LogP contribution in [0.2, 0.25) is 10.0 Å². The molecule has 0 radical (unpaired) electrons. The number of hydrogen-bond acceptors (Lipinski definition) is 5. The molecular weight excluding hydrogens is 465 g/mol. The van der Waals surface area contributed by atoms with Crippen LogP contribution in [0.3, 0.4) is 0 Å². The third-order valence-electron chi connectivity index (χ3n) is 5.54. The second-order valence-electron chi connectivity index (χ2n) is 7.55. The number of methoxy groups -OCH3 is 1. The molecule has 1 unspecified atom stereocenters. The number of carbonyl (C=O) groups is 2. The van der Waals surface area contributed by atoms with Crippen LogP contribution in [0.25, 0.3) is 5.76 Å². The van der Waals surface area contributed by atoms with Gasteiger partial charge in [0.2, 0.25) is 0 Å². The lowest BCUT2D eigenvalue weighted by atomic mass is 9.95. The fraction of sp³-hybridized carbons (Fsp3) is 0.208. The van der Waals surface area contributed by atoms with Crippen LogP contribution >= 0.6 is 23.2 Å². The van der Waals surface area contributed by atoms with Crippen molar-refractivity contribution in [3.05, 3.63) is 87.9 Å². The van der Waals surface area contributed by atoms with Crippen molar-refractivity contribution < 1.29 is 19.4 Å². The summed E-state index contributed by atoms with van der Waals surface area (Å²) in [5, 5.41) is 11.7. The van der Waals surface area contributed by atoms with Crippen molar-refractivity contribution in [2.75, 3.05) is 13.7 Å². The molecule has 0 aliphatic carbocycles. The Hall–Kier alpha value is -3.29. The Bertz CT molecular complexity index is 1210. The van der Waals surface area contributed by atoms with Crippen LogP contribution in [-0.4, -0.2) is 44.9 Å². The molecule has 1 N–H and O–H groups in total. The summed E-state index contributed by atoms with van der Waals surface area (Å²) >= 11 is 12.3. The van der Waals surface area contributed by atoms with Crippen LogP contribution in [-0.2, 0) is 16.1 Å². The van der Waals surface area contributed by atoms with E-state index in [1.807, 2.05) is 10.8 Å². The highest BCUT2D eigenvalue weighted by atomic mass is 35.5. The summed E-state index contributed by atoms with van der Waals surface area (Å²) in [6.07, 6.45) is 5.78. The van der Waals surface area contributed by atoms with E-state index < -0.39 is 17.7 Å². The van der Waals surface area contributed by atoms with Gasteiger partial charge in [-0.15, -0.1) is 0 Å². The highest BCUT2D eigenvalue weighted by Gasteiger charge is 2.45. The molecule has 0 saturated carbocycles. The summed E-state index contributed by atoms with van der Waals surface area (Å²) in [5.74, 6) is -1.08. The monoisotopic (exact) mass is 485 g/mol. The van der Waals surface area contributed by atoms with Crippen molar-refractivity contribution in [2.45, 2.75) is 19.0 Å². The van der Waals surface area contributed by atoms with Gasteiger partial charge in [-0.2, -0.15) is 0 Å². The lowest BCUT2D eigenvalue weighted by molar-refractivity contribution is -0.139. The number of aliphatic hydroxyl groups excluding tert-OH is 1. The zero-order valence-electron chi connectivity index (χ0n) is 17.7. The Morgan fingerprint density at radius 1 is 1.09 bits per heavy atom. The number of nitrogens with zero attached hydrogens (tertiary/aromatic N) is 3. The van der Waals surface area contributed by atoms with Crippen LogP contribution < -0.4 is 4.74 Å². The van der Waals surface area contributed by atoms with Gasteiger partial charge in [0.1, 0.15) is 11.5 Å². The first-order valence-corrected chi connectivity index (χ1v) is 11.0. The second-order valence-corrected chi connectivity index (χ2v) is 8.36. The lowest BCUT2D eigenvalue weighted by Crippen LogP contribution is -2.31. The number of benzene rings is 2. The molecule has 3 aromatic rings. The van der Waals surface area contributed by atoms with E-state index in [0.717, 1.165) is 0 Å². The molecule has 33 heavy (non-hydrogen) atoms. The Morgan fingerprint density at radius 3 is 2.48 bits per heavy atom. The number of Topliss-reactive ketones (excluding diaryl/α,β-unsaturated/α-hetero) is 1. The van der Waals surface area contributed by atoms with Gasteiger partial charge in [-0.25, -0.2) is 4.98 Å². The smallest absolute Gasteiger partial charge is 0.295 e. The summed E-state index contributed by atoms with van der Waals surface area (Å²) in [7, 11) is 1.54. The molecule has 0 bridgehead atoms. The molecule has 4 rings (SSSR count). The van der Waals surface area contributed by atoms with E-state index in [9.17, 15) is 14.7 Å². The first-order chi connectivity index (χ1) is 15.9. The third-order valence-corrected chi connectivity index (χ3v) is 6.28. The fourth-order valence-electron chi connectivity index (χ4n) is 3.89. The Labute approximate surface area is 200 Å². The largest absolute Gasteiger partial charge is 0.507 e. The number of hydrogen-bond donors (Lipinski definition) is 1. The maximum Gasteiger partial charge on any atom is 0.295 e. The molecule has 1 saturated heterocycles. The van der Waals surface area contributed by atoms with Crippen molar-refractivity contribution in [3.63, 3.8) is 0 Å². The molecule has 1 fully saturated rings. The molecule has 2 aromatic carbocycles. The number of imidazole rings is 1. The van der Waals surface area contributed by atoms with Crippen LogP contribution in [0, 0.1) is 0 Å². The zero-order valence-corrected chi connectivity index (χ0v) is 19.3. The first-order valence-electron chi connectivity index (χ1n) is 10.2. The number of ether oxygens (including phenoxy) is 1. The minimum Gasteiger partial charge on any atom is -0.507 e. The first kappa shape index (κ1) is 22.9. The average molecular weight is 486 g/mol. The van der Waals surface area contributed by atoms with Crippen LogP contribution in [0.5, 0.6) is 5.75 Å². The standard InChI is InChI=1S/C24H21Cl2N3O4/c1-33-17-6-3-15(4-7-17)22(30)20-21(16-5-8-18(25)19(26)13-16)29(24(32)23(20)31)11-2-10-28-12-9-27-14-28/h3-9,12-14,21,30H,2,10-11H2,1H3/b22-20+. The van der Waals surface area contributed by atoms with E-state index in [4.69, 9.17) is 27.9 Å². The molecule has 1 aliphatic rings.